The van der Waals surface area contributed by atoms with Crippen molar-refractivity contribution in [2.45, 2.75) is 69.7 Å². The summed E-state index contributed by atoms with van der Waals surface area (Å²) in [5, 5.41) is 14.0. The van der Waals surface area contributed by atoms with Gasteiger partial charge in [-0.25, -0.2) is 19.4 Å². The third-order valence-electron chi connectivity index (χ3n) is 7.33. The lowest BCUT2D eigenvalue weighted by Gasteiger charge is -2.35. The zero-order valence-electron chi connectivity index (χ0n) is 23.2. The first-order chi connectivity index (χ1) is 20.1. The number of hydrogen-bond acceptors (Lipinski definition) is 11. The van der Waals surface area contributed by atoms with E-state index in [2.05, 4.69) is 30.9 Å². The number of benzene rings is 1. The molecule has 1 aromatic carbocycles. The van der Waals surface area contributed by atoms with Gasteiger partial charge in [0.1, 0.15) is 0 Å². The summed E-state index contributed by atoms with van der Waals surface area (Å²) < 4.78 is 16.9. The van der Waals surface area contributed by atoms with Gasteiger partial charge in [-0.05, 0) is 57.6 Å². The van der Waals surface area contributed by atoms with E-state index < -0.39 is 19.8 Å². The molecule has 2 saturated carbocycles. The largest absolute Gasteiger partial charge is 0.527 e. The van der Waals surface area contributed by atoms with Crippen LogP contribution >= 0.6 is 7.82 Å². The molecule has 0 aliphatic heterocycles. The van der Waals surface area contributed by atoms with Gasteiger partial charge in [0.2, 0.25) is 5.95 Å². The first-order valence-corrected chi connectivity index (χ1v) is 15.5. The monoisotopic (exact) mass is 601 g/mol. The van der Waals surface area contributed by atoms with Gasteiger partial charge >= 0.3 is 13.8 Å². The van der Waals surface area contributed by atoms with Gasteiger partial charge in [0.15, 0.2) is 23.0 Å². The van der Waals surface area contributed by atoms with E-state index in [1.807, 2.05) is 16.7 Å². The Hall–Kier alpha value is -3.55. The van der Waals surface area contributed by atoms with Crippen molar-refractivity contribution in [1.29, 1.82) is 0 Å². The minimum absolute atomic E-state index is 0.00973. The standard InChI is InChI=1S/C14H18N6O.C13H18NO6P/c15-14-18-12(17-9-2-3-9)11-13(19-14)20(7-16-11)10-4-1-8(5-10)6-21;1-10(13(15)20-21(16,17)18)14(19-12-8-5-9-12)11-6-3-2-4-7-11/h1,4,7-10,21H,2-3,5-6H2,(H3,15,17,18,19);2-4,6-7,10,12H,5,8-9H2,1H3,(H2,16,17,18)/t8-,10+;10-/m10/s1. The Bertz CT molecular complexity index is 1460. The number of nitrogens with zero attached hydrogens (tertiary/aromatic N) is 5. The van der Waals surface area contributed by atoms with Crippen LogP contribution in [-0.2, 0) is 18.7 Å². The number of fused-ring (bicyclic) bond motifs is 1. The number of phosphoric acid groups is 1. The first-order valence-electron chi connectivity index (χ1n) is 14.0. The van der Waals surface area contributed by atoms with E-state index in [0.717, 1.165) is 55.5 Å². The molecule has 42 heavy (non-hydrogen) atoms. The molecule has 3 aliphatic carbocycles. The number of carbonyl (C=O) groups is 1. The van der Waals surface area contributed by atoms with Crippen molar-refractivity contribution in [2.24, 2.45) is 5.92 Å². The van der Waals surface area contributed by atoms with Crippen LogP contribution in [0, 0.1) is 5.92 Å². The van der Waals surface area contributed by atoms with Crippen molar-refractivity contribution in [3.63, 3.8) is 0 Å². The molecule has 0 spiro atoms. The maximum atomic E-state index is 11.8. The molecular formula is C27H36N7O7P. The minimum atomic E-state index is -4.87. The van der Waals surface area contributed by atoms with E-state index >= 15 is 0 Å². The molecule has 6 rings (SSSR count). The van der Waals surface area contributed by atoms with Crippen molar-refractivity contribution in [3.05, 3.63) is 48.8 Å². The van der Waals surface area contributed by atoms with E-state index in [1.165, 1.54) is 12.0 Å². The minimum Gasteiger partial charge on any atom is -0.396 e. The van der Waals surface area contributed by atoms with Crippen LogP contribution in [0.4, 0.5) is 17.5 Å². The number of rotatable bonds is 10. The van der Waals surface area contributed by atoms with Gasteiger partial charge in [-0.1, -0.05) is 30.4 Å². The number of imidazole rings is 1. The fourth-order valence-corrected chi connectivity index (χ4v) is 5.06. The second-order valence-electron chi connectivity index (χ2n) is 10.7. The highest BCUT2D eigenvalue weighted by Gasteiger charge is 2.33. The molecule has 6 N–H and O–H groups in total. The van der Waals surface area contributed by atoms with Gasteiger partial charge in [0, 0.05) is 18.6 Å². The number of para-hydroxylation sites is 1. The molecule has 2 fully saturated rings. The Kier molecular flexibility index (Phi) is 9.09. The average Bonchev–Trinajstić information content (AvgIpc) is 3.43. The summed E-state index contributed by atoms with van der Waals surface area (Å²) in [7, 11) is -4.87. The van der Waals surface area contributed by atoms with Gasteiger partial charge in [-0.3, -0.25) is 14.6 Å². The summed E-state index contributed by atoms with van der Waals surface area (Å²) in [6.45, 7) is 1.65. The van der Waals surface area contributed by atoms with Crippen LogP contribution in [0.2, 0.25) is 0 Å². The zero-order valence-corrected chi connectivity index (χ0v) is 24.1. The van der Waals surface area contributed by atoms with Crippen molar-refractivity contribution >= 4 is 42.4 Å². The number of nitrogens with two attached hydrogens (primary N) is 1. The number of aliphatic hydroxyl groups excluding tert-OH is 1. The second-order valence-corrected chi connectivity index (χ2v) is 11.9. The Morgan fingerprint density at radius 2 is 1.93 bits per heavy atom. The number of nitrogens with one attached hydrogen (secondary N) is 1. The third-order valence-corrected chi connectivity index (χ3v) is 7.74. The number of aliphatic hydroxyl groups is 1. The second kappa shape index (κ2) is 12.8. The Balaban J connectivity index is 0.000000168. The van der Waals surface area contributed by atoms with Crippen LogP contribution in [0.3, 0.4) is 0 Å². The predicted molar refractivity (Wildman–Crippen MR) is 155 cm³/mol. The summed E-state index contributed by atoms with van der Waals surface area (Å²) in [4.78, 5) is 48.1. The van der Waals surface area contributed by atoms with Crippen molar-refractivity contribution in [1.82, 2.24) is 19.5 Å². The summed E-state index contributed by atoms with van der Waals surface area (Å²) in [6, 6.07) is 8.57. The maximum absolute atomic E-state index is 11.8. The lowest BCUT2D eigenvalue weighted by Crippen LogP contribution is -2.43. The predicted octanol–water partition coefficient (Wildman–Crippen LogP) is 3.09. The number of allylic oxidation sites excluding steroid dienone is 1. The van der Waals surface area contributed by atoms with E-state index in [9.17, 15) is 14.5 Å². The normalized spacial score (nSPS) is 20.9. The van der Waals surface area contributed by atoms with Gasteiger partial charge in [-0.2, -0.15) is 9.97 Å². The van der Waals surface area contributed by atoms with Crippen LogP contribution in [-0.4, -0.2) is 65.2 Å². The molecule has 2 heterocycles. The molecule has 0 amide bonds. The Morgan fingerprint density at radius 1 is 1.19 bits per heavy atom. The van der Waals surface area contributed by atoms with Gasteiger partial charge in [-0.15, -0.1) is 0 Å². The number of hydroxylamine groups is 1. The fraction of sp³-hybridized carbons (Fsp3) is 0.481. The lowest BCUT2D eigenvalue weighted by atomic mass is 9.96. The topological polar surface area (TPSA) is 198 Å². The highest BCUT2D eigenvalue weighted by molar-refractivity contribution is 7.46. The summed E-state index contributed by atoms with van der Waals surface area (Å²) >= 11 is 0. The fourth-order valence-electron chi connectivity index (χ4n) is 4.67. The molecule has 3 aromatic rings. The van der Waals surface area contributed by atoms with Crippen LogP contribution in [0.1, 0.15) is 51.5 Å². The number of aromatic nitrogens is 4. The van der Waals surface area contributed by atoms with Gasteiger partial charge in [0.25, 0.3) is 0 Å². The summed E-state index contributed by atoms with van der Waals surface area (Å²) in [5.41, 5.74) is 7.97. The van der Waals surface area contributed by atoms with E-state index in [0.29, 0.717) is 11.7 Å². The van der Waals surface area contributed by atoms with Crippen LogP contribution in [0.15, 0.2) is 48.8 Å². The Morgan fingerprint density at radius 3 is 2.52 bits per heavy atom. The number of anilines is 3. The van der Waals surface area contributed by atoms with Gasteiger partial charge < -0.3 is 25.2 Å². The molecule has 14 nitrogen and oxygen atoms in total. The number of hydrogen-bond donors (Lipinski definition) is 5. The molecule has 2 aromatic heterocycles. The number of nitrogen functional groups attached to an aromatic ring is 1. The summed E-state index contributed by atoms with van der Waals surface area (Å²) in [6.07, 6.45) is 12.0. The van der Waals surface area contributed by atoms with Crippen LogP contribution in [0.25, 0.3) is 11.2 Å². The molecule has 15 heteroatoms. The van der Waals surface area contributed by atoms with E-state index in [4.69, 9.17) is 20.4 Å². The molecule has 3 atom stereocenters. The van der Waals surface area contributed by atoms with E-state index in [1.54, 1.807) is 30.6 Å². The van der Waals surface area contributed by atoms with Crippen molar-refractivity contribution in [3.8, 4) is 0 Å². The Labute approximate surface area is 242 Å². The SMILES string of the molecule is C[C@@H](C(=O)OP(=O)(O)O)N(OC1CCC1)c1ccccc1.Nc1nc(NC2CC2)c2ncn([C@H]3C=C[C@@H](CO)C3)c2n1. The van der Waals surface area contributed by atoms with Crippen molar-refractivity contribution in [2.75, 3.05) is 22.7 Å². The molecule has 3 aliphatic rings. The lowest BCUT2D eigenvalue weighted by molar-refractivity contribution is -0.140. The molecule has 0 bridgehead atoms. The average molecular weight is 602 g/mol. The third kappa shape index (κ3) is 7.44. The van der Waals surface area contributed by atoms with Crippen LogP contribution in [0.5, 0.6) is 0 Å². The number of carbonyl (C=O) groups excluding carboxylic acids is 1. The highest BCUT2D eigenvalue weighted by Crippen LogP contribution is 2.37. The summed E-state index contributed by atoms with van der Waals surface area (Å²) in [5.74, 6) is 0.148. The smallest absolute Gasteiger partial charge is 0.396 e. The molecule has 226 valence electrons. The molecule has 0 saturated heterocycles. The molecule has 0 unspecified atom stereocenters. The zero-order chi connectivity index (χ0) is 29.9. The quantitative estimate of drug-likeness (QED) is 0.129. The maximum Gasteiger partial charge on any atom is 0.527 e. The highest BCUT2D eigenvalue weighted by atomic mass is 31.2. The van der Waals surface area contributed by atoms with E-state index in [-0.39, 0.29) is 30.6 Å². The van der Waals surface area contributed by atoms with Crippen molar-refractivity contribution < 1.29 is 33.6 Å². The molecular weight excluding hydrogens is 565 g/mol. The molecule has 0 radical (unpaired) electrons. The number of phosphoric ester groups is 1. The van der Waals surface area contributed by atoms with Crippen LogP contribution < -0.4 is 16.1 Å². The van der Waals surface area contributed by atoms with Gasteiger partial charge in [0.05, 0.1) is 24.2 Å². The first kappa shape index (κ1) is 29.9.